The number of hydrazone groups is 1. The van der Waals surface area contributed by atoms with Crippen molar-refractivity contribution in [2.75, 3.05) is 7.11 Å². The van der Waals surface area contributed by atoms with Crippen molar-refractivity contribution < 1.29 is 9.53 Å². The lowest BCUT2D eigenvalue weighted by Crippen LogP contribution is -2.17. The van der Waals surface area contributed by atoms with Gasteiger partial charge in [0.15, 0.2) is 0 Å². The molecule has 3 rings (SSSR count). The largest absolute Gasteiger partial charge is 0.496 e. The highest BCUT2D eigenvalue weighted by atomic mass is 79.9. The van der Waals surface area contributed by atoms with E-state index in [2.05, 4.69) is 26.5 Å². The molecule has 126 valence electrons. The molecule has 3 aromatic carbocycles. The predicted octanol–water partition coefficient (Wildman–Crippen LogP) is 4.68. The molecule has 5 heteroatoms. The minimum absolute atomic E-state index is 0.255. The summed E-state index contributed by atoms with van der Waals surface area (Å²) in [4.78, 5) is 12.2. The first-order valence-electron chi connectivity index (χ1n) is 7.75. The molecule has 0 atom stereocenters. The van der Waals surface area contributed by atoms with Crippen LogP contribution in [0.4, 0.5) is 0 Å². The summed E-state index contributed by atoms with van der Waals surface area (Å²) in [6, 6.07) is 17.2. The molecule has 25 heavy (non-hydrogen) atoms. The Morgan fingerprint density at radius 2 is 1.88 bits per heavy atom. The Kier molecular flexibility index (Phi) is 5.14. The van der Waals surface area contributed by atoms with Crippen molar-refractivity contribution in [2.24, 2.45) is 5.10 Å². The van der Waals surface area contributed by atoms with Gasteiger partial charge in [-0.2, -0.15) is 5.10 Å². The zero-order chi connectivity index (χ0) is 17.8. The quantitative estimate of drug-likeness (QED) is 0.513. The van der Waals surface area contributed by atoms with Crippen LogP contribution in [-0.4, -0.2) is 19.2 Å². The highest BCUT2D eigenvalue weighted by Crippen LogP contribution is 2.27. The van der Waals surface area contributed by atoms with E-state index in [1.165, 1.54) is 0 Å². The SMILES string of the molecule is COc1ccc(C=NNC(=O)c2ccc(C)c(Br)c2)c2ccccc12. The number of carbonyl (C=O) groups excluding carboxylic acids is 1. The maximum atomic E-state index is 12.2. The molecular formula is C20H17BrN2O2. The summed E-state index contributed by atoms with van der Waals surface area (Å²) < 4.78 is 6.28. The van der Waals surface area contributed by atoms with E-state index in [0.717, 1.165) is 32.1 Å². The average molecular weight is 397 g/mol. The summed E-state index contributed by atoms with van der Waals surface area (Å²) in [6.07, 6.45) is 1.64. The van der Waals surface area contributed by atoms with Crippen molar-refractivity contribution in [2.45, 2.75) is 6.92 Å². The molecular weight excluding hydrogens is 380 g/mol. The minimum Gasteiger partial charge on any atom is -0.496 e. The molecule has 0 heterocycles. The van der Waals surface area contributed by atoms with Crippen molar-refractivity contribution in [3.63, 3.8) is 0 Å². The third kappa shape index (κ3) is 3.72. The minimum atomic E-state index is -0.255. The molecule has 0 radical (unpaired) electrons. The normalized spacial score (nSPS) is 11.0. The van der Waals surface area contributed by atoms with Crippen LogP contribution in [0.1, 0.15) is 21.5 Å². The number of benzene rings is 3. The van der Waals surface area contributed by atoms with Gasteiger partial charge in [0.05, 0.1) is 13.3 Å². The summed E-state index contributed by atoms with van der Waals surface area (Å²) in [5.74, 6) is 0.552. The van der Waals surface area contributed by atoms with Gasteiger partial charge in [-0.1, -0.05) is 46.3 Å². The number of nitrogens with zero attached hydrogens (tertiary/aromatic N) is 1. The predicted molar refractivity (Wildman–Crippen MR) is 104 cm³/mol. The summed E-state index contributed by atoms with van der Waals surface area (Å²) >= 11 is 3.43. The zero-order valence-corrected chi connectivity index (χ0v) is 15.5. The Balaban J connectivity index is 1.82. The number of methoxy groups -OCH3 is 1. The maximum absolute atomic E-state index is 12.2. The van der Waals surface area contributed by atoms with Gasteiger partial charge >= 0.3 is 0 Å². The van der Waals surface area contributed by atoms with Crippen LogP contribution in [0.25, 0.3) is 10.8 Å². The second-order valence-corrected chi connectivity index (χ2v) is 6.42. The Bertz CT molecular complexity index is 967. The van der Waals surface area contributed by atoms with Crippen molar-refractivity contribution in [3.8, 4) is 5.75 Å². The number of amides is 1. The lowest BCUT2D eigenvalue weighted by atomic mass is 10.0. The zero-order valence-electron chi connectivity index (χ0n) is 13.9. The van der Waals surface area contributed by atoms with Crippen molar-refractivity contribution in [1.29, 1.82) is 0 Å². The van der Waals surface area contributed by atoms with Gasteiger partial charge in [-0.15, -0.1) is 0 Å². The van der Waals surface area contributed by atoms with Gasteiger partial charge in [0.2, 0.25) is 0 Å². The Hall–Kier alpha value is -2.66. The molecule has 0 saturated heterocycles. The van der Waals surface area contributed by atoms with E-state index in [1.807, 2.05) is 49.4 Å². The molecule has 0 spiro atoms. The van der Waals surface area contributed by atoms with Crippen molar-refractivity contribution in [1.82, 2.24) is 5.43 Å². The first-order chi connectivity index (χ1) is 12.1. The van der Waals surface area contributed by atoms with Crippen LogP contribution in [0.5, 0.6) is 5.75 Å². The topological polar surface area (TPSA) is 50.7 Å². The lowest BCUT2D eigenvalue weighted by molar-refractivity contribution is 0.0955. The van der Waals surface area contributed by atoms with E-state index in [9.17, 15) is 4.79 Å². The van der Waals surface area contributed by atoms with Crippen molar-refractivity contribution in [3.05, 3.63) is 75.8 Å². The first kappa shape index (κ1) is 17.2. The number of hydrogen-bond donors (Lipinski definition) is 1. The Morgan fingerprint density at radius 3 is 2.60 bits per heavy atom. The molecule has 0 aliphatic rings. The van der Waals surface area contributed by atoms with E-state index in [4.69, 9.17) is 4.74 Å². The van der Waals surface area contributed by atoms with Gasteiger partial charge in [0.1, 0.15) is 5.75 Å². The van der Waals surface area contributed by atoms with Gasteiger partial charge in [-0.3, -0.25) is 4.79 Å². The molecule has 0 unspecified atom stereocenters. The second kappa shape index (κ2) is 7.49. The third-order valence-electron chi connectivity index (χ3n) is 3.94. The van der Waals surface area contributed by atoms with Gasteiger partial charge in [-0.05, 0) is 42.1 Å². The Labute approximate surface area is 154 Å². The van der Waals surface area contributed by atoms with Crippen LogP contribution >= 0.6 is 15.9 Å². The summed E-state index contributed by atoms with van der Waals surface area (Å²) in [6.45, 7) is 1.97. The van der Waals surface area contributed by atoms with Gasteiger partial charge < -0.3 is 4.74 Å². The average Bonchev–Trinajstić information content (AvgIpc) is 2.64. The van der Waals surface area contributed by atoms with Crippen LogP contribution in [0.3, 0.4) is 0 Å². The van der Waals surface area contributed by atoms with Gasteiger partial charge in [0.25, 0.3) is 5.91 Å². The molecule has 3 aromatic rings. The van der Waals surface area contributed by atoms with E-state index in [1.54, 1.807) is 25.5 Å². The fraction of sp³-hybridized carbons (Fsp3) is 0.100. The molecule has 0 aromatic heterocycles. The molecule has 0 saturated carbocycles. The number of halogens is 1. The van der Waals surface area contributed by atoms with Gasteiger partial charge in [-0.25, -0.2) is 5.43 Å². The molecule has 0 fully saturated rings. The number of rotatable bonds is 4. The first-order valence-corrected chi connectivity index (χ1v) is 8.55. The molecule has 0 aliphatic heterocycles. The van der Waals surface area contributed by atoms with E-state index in [0.29, 0.717) is 5.56 Å². The van der Waals surface area contributed by atoms with Gasteiger partial charge in [0, 0.05) is 21.0 Å². The summed E-state index contributed by atoms with van der Waals surface area (Å²) in [5.41, 5.74) is 5.09. The molecule has 0 aliphatic carbocycles. The highest BCUT2D eigenvalue weighted by Gasteiger charge is 2.07. The van der Waals surface area contributed by atoms with Crippen LogP contribution in [0.15, 0.2) is 64.2 Å². The number of hydrogen-bond acceptors (Lipinski definition) is 3. The molecule has 1 amide bonds. The number of aryl methyl sites for hydroxylation is 1. The van der Waals surface area contributed by atoms with Crippen LogP contribution in [0, 0.1) is 6.92 Å². The summed E-state index contributed by atoms with van der Waals surface area (Å²) in [5, 5.41) is 6.11. The van der Waals surface area contributed by atoms with Crippen LogP contribution in [0.2, 0.25) is 0 Å². The molecule has 1 N–H and O–H groups in total. The maximum Gasteiger partial charge on any atom is 0.271 e. The van der Waals surface area contributed by atoms with E-state index < -0.39 is 0 Å². The summed E-state index contributed by atoms with van der Waals surface area (Å²) in [7, 11) is 1.65. The molecule has 4 nitrogen and oxygen atoms in total. The van der Waals surface area contributed by atoms with E-state index >= 15 is 0 Å². The molecule has 0 bridgehead atoms. The number of carbonyl (C=O) groups is 1. The smallest absolute Gasteiger partial charge is 0.271 e. The number of nitrogens with one attached hydrogen (secondary N) is 1. The number of fused-ring (bicyclic) bond motifs is 1. The fourth-order valence-corrected chi connectivity index (χ4v) is 2.92. The fourth-order valence-electron chi connectivity index (χ4n) is 2.54. The van der Waals surface area contributed by atoms with Crippen molar-refractivity contribution >= 4 is 38.8 Å². The third-order valence-corrected chi connectivity index (χ3v) is 4.80. The highest BCUT2D eigenvalue weighted by molar-refractivity contribution is 9.10. The lowest BCUT2D eigenvalue weighted by Gasteiger charge is -2.07. The van der Waals surface area contributed by atoms with Crippen LogP contribution < -0.4 is 10.2 Å². The Morgan fingerprint density at radius 1 is 1.12 bits per heavy atom. The monoisotopic (exact) mass is 396 g/mol. The van der Waals surface area contributed by atoms with E-state index in [-0.39, 0.29) is 5.91 Å². The second-order valence-electron chi connectivity index (χ2n) is 5.57. The van der Waals surface area contributed by atoms with Crippen LogP contribution in [-0.2, 0) is 0 Å². The number of ether oxygens (including phenoxy) is 1. The standard InChI is InChI=1S/C20H17BrN2O2/c1-13-7-8-14(11-18(13)21)20(24)23-22-12-15-9-10-19(25-2)17-6-4-3-5-16(15)17/h3-12H,1-2H3,(H,23,24).